The van der Waals surface area contributed by atoms with Crippen LogP contribution in [0.15, 0.2) is 4.79 Å². The Balaban J connectivity index is 2.31. The smallest absolute Gasteiger partial charge is 0.321 e. The van der Waals surface area contributed by atoms with Gasteiger partial charge < -0.3 is 5.73 Å². The maximum Gasteiger partial charge on any atom is 0.343 e. The van der Waals surface area contributed by atoms with E-state index in [9.17, 15) is 4.79 Å². The molecule has 0 spiro atoms. The average Bonchev–Trinajstić information content (AvgIpc) is 2.95. The van der Waals surface area contributed by atoms with Gasteiger partial charge in [-0.05, 0) is 18.8 Å². The van der Waals surface area contributed by atoms with E-state index in [0.717, 1.165) is 25.1 Å². The fourth-order valence-electron chi connectivity index (χ4n) is 2.58. The molecule has 1 fully saturated rings. The van der Waals surface area contributed by atoms with Crippen molar-refractivity contribution in [3.8, 4) is 0 Å². The minimum Gasteiger partial charge on any atom is -0.321 e. The molecule has 2 atom stereocenters. The van der Waals surface area contributed by atoms with Crippen LogP contribution < -0.4 is 11.4 Å². The Hall–Kier alpha value is -1.10. The van der Waals surface area contributed by atoms with Gasteiger partial charge in [-0.3, -0.25) is 4.57 Å². The van der Waals surface area contributed by atoms with Crippen molar-refractivity contribution in [1.29, 1.82) is 0 Å². The molecule has 1 aliphatic carbocycles. The molecule has 1 heterocycles. The van der Waals surface area contributed by atoms with E-state index in [2.05, 4.69) is 24.0 Å². The van der Waals surface area contributed by atoms with E-state index in [1.807, 2.05) is 0 Å². The molecule has 96 valence electrons. The first-order chi connectivity index (χ1) is 8.15. The van der Waals surface area contributed by atoms with Gasteiger partial charge in [0, 0.05) is 6.04 Å². The van der Waals surface area contributed by atoms with Crippen LogP contribution in [0, 0.1) is 5.92 Å². The highest BCUT2D eigenvalue weighted by atomic mass is 16.1. The van der Waals surface area contributed by atoms with E-state index in [4.69, 9.17) is 5.73 Å². The molecule has 0 aromatic carbocycles. The number of hydrogen-bond donors (Lipinski definition) is 2. The lowest BCUT2D eigenvalue weighted by molar-refractivity contribution is 0.395. The topological polar surface area (TPSA) is 76.7 Å². The summed E-state index contributed by atoms with van der Waals surface area (Å²) in [4.78, 5) is 11.8. The lowest BCUT2D eigenvalue weighted by Crippen LogP contribution is -2.28. The SMILES string of the molecule is CC[C@H](C)[C@H](N)c1n[nH]c(=O)n1C1CCCC1. The van der Waals surface area contributed by atoms with Crippen LogP contribution in [0.1, 0.15) is 63.9 Å². The summed E-state index contributed by atoms with van der Waals surface area (Å²) in [5.74, 6) is 1.07. The number of aromatic nitrogens is 3. The van der Waals surface area contributed by atoms with Gasteiger partial charge in [0.25, 0.3) is 0 Å². The number of nitrogens with zero attached hydrogens (tertiary/aromatic N) is 2. The molecule has 1 saturated carbocycles. The molecular weight excluding hydrogens is 216 g/mol. The summed E-state index contributed by atoms with van der Waals surface area (Å²) in [6.07, 6.45) is 5.52. The van der Waals surface area contributed by atoms with E-state index in [1.165, 1.54) is 12.8 Å². The van der Waals surface area contributed by atoms with Crippen LogP contribution in [0.25, 0.3) is 0 Å². The number of hydrogen-bond acceptors (Lipinski definition) is 3. The van der Waals surface area contributed by atoms with Crippen LogP contribution >= 0.6 is 0 Å². The van der Waals surface area contributed by atoms with Crippen LogP contribution in [-0.2, 0) is 0 Å². The molecule has 0 bridgehead atoms. The predicted octanol–water partition coefficient (Wildman–Crippen LogP) is 1.73. The van der Waals surface area contributed by atoms with Crippen molar-refractivity contribution in [2.75, 3.05) is 0 Å². The van der Waals surface area contributed by atoms with E-state index in [1.54, 1.807) is 4.57 Å². The zero-order valence-corrected chi connectivity index (χ0v) is 10.6. The van der Waals surface area contributed by atoms with Gasteiger partial charge >= 0.3 is 5.69 Å². The van der Waals surface area contributed by atoms with Crippen molar-refractivity contribution < 1.29 is 0 Å². The summed E-state index contributed by atoms with van der Waals surface area (Å²) >= 11 is 0. The Morgan fingerprint density at radius 3 is 2.76 bits per heavy atom. The quantitative estimate of drug-likeness (QED) is 0.838. The van der Waals surface area contributed by atoms with Crippen molar-refractivity contribution in [2.45, 2.75) is 58.0 Å². The number of aromatic amines is 1. The van der Waals surface area contributed by atoms with Crippen LogP contribution in [0.4, 0.5) is 0 Å². The van der Waals surface area contributed by atoms with Crippen molar-refractivity contribution in [2.24, 2.45) is 11.7 Å². The molecule has 1 aliphatic rings. The molecule has 5 nitrogen and oxygen atoms in total. The number of nitrogens with one attached hydrogen (secondary N) is 1. The van der Waals surface area contributed by atoms with Crippen molar-refractivity contribution in [1.82, 2.24) is 14.8 Å². The Labute approximate surface area is 101 Å². The zero-order valence-electron chi connectivity index (χ0n) is 10.6. The van der Waals surface area contributed by atoms with Gasteiger partial charge in [-0.25, -0.2) is 9.89 Å². The van der Waals surface area contributed by atoms with Gasteiger partial charge in [0.1, 0.15) is 0 Å². The van der Waals surface area contributed by atoms with Gasteiger partial charge in [0.05, 0.1) is 6.04 Å². The summed E-state index contributed by atoms with van der Waals surface area (Å²) in [5, 5.41) is 6.68. The lowest BCUT2D eigenvalue weighted by Gasteiger charge is -2.20. The molecule has 0 amide bonds. The van der Waals surface area contributed by atoms with Gasteiger partial charge in [-0.1, -0.05) is 33.1 Å². The fourth-order valence-corrected chi connectivity index (χ4v) is 2.58. The maximum absolute atomic E-state index is 11.8. The first kappa shape index (κ1) is 12.4. The summed E-state index contributed by atoms with van der Waals surface area (Å²) < 4.78 is 1.80. The third-order valence-corrected chi connectivity index (χ3v) is 3.98. The lowest BCUT2D eigenvalue weighted by atomic mass is 9.99. The van der Waals surface area contributed by atoms with E-state index in [0.29, 0.717) is 12.0 Å². The molecule has 3 N–H and O–H groups in total. The second kappa shape index (κ2) is 5.04. The highest BCUT2D eigenvalue weighted by Crippen LogP contribution is 2.31. The Morgan fingerprint density at radius 1 is 1.53 bits per heavy atom. The van der Waals surface area contributed by atoms with Crippen LogP contribution in [-0.4, -0.2) is 14.8 Å². The second-order valence-electron chi connectivity index (χ2n) is 5.11. The van der Waals surface area contributed by atoms with Gasteiger partial charge in [0.2, 0.25) is 0 Å². The molecule has 2 rings (SSSR count). The molecule has 17 heavy (non-hydrogen) atoms. The first-order valence-corrected chi connectivity index (χ1v) is 6.57. The van der Waals surface area contributed by atoms with Crippen LogP contribution in [0.5, 0.6) is 0 Å². The maximum atomic E-state index is 11.8. The summed E-state index contributed by atoms with van der Waals surface area (Å²) in [6, 6.07) is 0.144. The molecule has 1 aromatic heterocycles. The summed E-state index contributed by atoms with van der Waals surface area (Å²) in [7, 11) is 0. The molecule has 1 aromatic rings. The Bertz CT molecular complexity index is 416. The molecule has 5 heteroatoms. The van der Waals surface area contributed by atoms with Crippen molar-refractivity contribution in [3.63, 3.8) is 0 Å². The highest BCUT2D eigenvalue weighted by Gasteiger charge is 2.26. The summed E-state index contributed by atoms with van der Waals surface area (Å²) in [5.41, 5.74) is 6.08. The molecule has 0 unspecified atom stereocenters. The largest absolute Gasteiger partial charge is 0.343 e. The average molecular weight is 238 g/mol. The van der Waals surface area contributed by atoms with E-state index >= 15 is 0 Å². The monoisotopic (exact) mass is 238 g/mol. The normalized spacial score (nSPS) is 20.6. The van der Waals surface area contributed by atoms with E-state index < -0.39 is 0 Å². The highest BCUT2D eigenvalue weighted by molar-refractivity contribution is 4.99. The number of rotatable bonds is 4. The molecule has 0 aliphatic heterocycles. The standard InChI is InChI=1S/C12H22N4O/c1-3-8(2)10(13)11-14-15-12(17)16(11)9-6-4-5-7-9/h8-10H,3-7,13H2,1-2H3,(H,15,17)/t8-,10-/m0/s1. The molecule has 0 saturated heterocycles. The first-order valence-electron chi connectivity index (χ1n) is 6.57. The molecule has 0 radical (unpaired) electrons. The predicted molar refractivity (Wildman–Crippen MR) is 66.7 cm³/mol. The third kappa shape index (κ3) is 2.29. The number of nitrogens with two attached hydrogens (primary N) is 1. The summed E-state index contributed by atoms with van der Waals surface area (Å²) in [6.45, 7) is 4.21. The van der Waals surface area contributed by atoms with Gasteiger partial charge in [-0.15, -0.1) is 0 Å². The molecular formula is C12H22N4O. The minimum atomic E-state index is -0.153. The van der Waals surface area contributed by atoms with E-state index in [-0.39, 0.29) is 11.7 Å². The Morgan fingerprint density at radius 2 is 2.18 bits per heavy atom. The Kier molecular flexibility index (Phi) is 3.66. The number of H-pyrrole nitrogens is 1. The zero-order chi connectivity index (χ0) is 12.4. The fraction of sp³-hybridized carbons (Fsp3) is 0.833. The van der Waals surface area contributed by atoms with Gasteiger partial charge in [0.15, 0.2) is 5.82 Å². The van der Waals surface area contributed by atoms with Crippen LogP contribution in [0.2, 0.25) is 0 Å². The van der Waals surface area contributed by atoms with Crippen molar-refractivity contribution in [3.05, 3.63) is 16.3 Å². The van der Waals surface area contributed by atoms with Gasteiger partial charge in [-0.2, -0.15) is 5.10 Å². The van der Waals surface area contributed by atoms with Crippen LogP contribution in [0.3, 0.4) is 0 Å². The minimum absolute atomic E-state index is 0.106. The second-order valence-corrected chi connectivity index (χ2v) is 5.11. The van der Waals surface area contributed by atoms with Crippen molar-refractivity contribution >= 4 is 0 Å². The third-order valence-electron chi connectivity index (χ3n) is 3.98.